The third-order valence-electron chi connectivity index (χ3n) is 4.48. The van der Waals surface area contributed by atoms with Crippen LogP contribution in [0.3, 0.4) is 0 Å². The summed E-state index contributed by atoms with van der Waals surface area (Å²) >= 11 is 0. The summed E-state index contributed by atoms with van der Waals surface area (Å²) in [6, 6.07) is 16.8. The van der Waals surface area contributed by atoms with E-state index in [0.29, 0.717) is 12.1 Å². The molecule has 22 heavy (non-hydrogen) atoms. The highest BCUT2D eigenvalue weighted by Gasteiger charge is 2.23. The fourth-order valence-corrected chi connectivity index (χ4v) is 3.26. The van der Waals surface area contributed by atoms with Gasteiger partial charge in [0, 0.05) is 12.1 Å². The first-order chi connectivity index (χ1) is 10.7. The van der Waals surface area contributed by atoms with Gasteiger partial charge in [-0.05, 0) is 55.4 Å². The molecule has 3 N–H and O–H groups in total. The van der Waals surface area contributed by atoms with Gasteiger partial charge in [0.25, 0.3) is 0 Å². The third kappa shape index (κ3) is 3.80. The Balaban J connectivity index is 1.48. The average molecular weight is 297 g/mol. The van der Waals surface area contributed by atoms with Gasteiger partial charge >= 0.3 is 0 Å². The highest BCUT2D eigenvalue weighted by Crippen LogP contribution is 2.27. The number of phenols is 2. The molecule has 1 aliphatic rings. The maximum absolute atomic E-state index is 9.57. The van der Waals surface area contributed by atoms with E-state index in [9.17, 15) is 10.2 Å². The number of aryl methyl sites for hydroxylation is 1. The summed E-state index contributed by atoms with van der Waals surface area (Å²) in [5.74, 6) is -0.0833. The van der Waals surface area contributed by atoms with E-state index in [4.69, 9.17) is 0 Å². The van der Waals surface area contributed by atoms with Gasteiger partial charge in [-0.3, -0.25) is 0 Å². The number of rotatable bonds is 5. The Morgan fingerprint density at radius 3 is 2.41 bits per heavy atom. The molecule has 0 bridgehead atoms. The molecule has 0 radical (unpaired) electrons. The summed E-state index contributed by atoms with van der Waals surface area (Å²) in [6.07, 6.45) is 5.56. The molecule has 0 aliphatic carbocycles. The second-order valence-electron chi connectivity index (χ2n) is 6.19. The number of benzene rings is 2. The van der Waals surface area contributed by atoms with E-state index in [-0.39, 0.29) is 11.5 Å². The Bertz CT molecular complexity index is 612. The zero-order valence-electron chi connectivity index (χ0n) is 12.7. The van der Waals surface area contributed by atoms with E-state index in [1.54, 1.807) is 12.1 Å². The predicted molar refractivity (Wildman–Crippen MR) is 88.2 cm³/mol. The van der Waals surface area contributed by atoms with Crippen LogP contribution in [0, 0.1) is 0 Å². The highest BCUT2D eigenvalue weighted by atomic mass is 16.3. The Morgan fingerprint density at radius 1 is 0.864 bits per heavy atom. The molecule has 3 heteroatoms. The number of phenolic OH excluding ortho intramolecular Hbond substituents is 2. The lowest BCUT2D eigenvalue weighted by atomic mass is 10.0. The second-order valence-corrected chi connectivity index (χ2v) is 6.19. The van der Waals surface area contributed by atoms with Gasteiger partial charge in [0.15, 0.2) is 11.5 Å². The first kappa shape index (κ1) is 14.9. The van der Waals surface area contributed by atoms with Crippen molar-refractivity contribution in [3.63, 3.8) is 0 Å². The summed E-state index contributed by atoms with van der Waals surface area (Å²) in [5, 5.41) is 22.6. The molecule has 2 aromatic rings. The second kappa shape index (κ2) is 6.84. The van der Waals surface area contributed by atoms with Gasteiger partial charge in [0.2, 0.25) is 0 Å². The number of aromatic hydroxyl groups is 2. The molecule has 0 saturated carbocycles. The van der Waals surface area contributed by atoms with E-state index in [1.807, 2.05) is 6.07 Å². The van der Waals surface area contributed by atoms with Crippen molar-refractivity contribution in [1.29, 1.82) is 0 Å². The Labute approximate surface area is 131 Å². The summed E-state index contributed by atoms with van der Waals surface area (Å²) in [5.41, 5.74) is 2.47. The lowest BCUT2D eigenvalue weighted by molar-refractivity contribution is 0.402. The standard InChI is InChI=1S/C19H23NO2/c21-18-11-7-15(13-19(18)22)12-17-10-9-16(20-17)8-6-14-4-2-1-3-5-14/h1-5,7,11,13,16-17,20-22H,6,8-10,12H2. The van der Waals surface area contributed by atoms with Crippen molar-refractivity contribution in [2.24, 2.45) is 0 Å². The molecule has 116 valence electrons. The van der Waals surface area contributed by atoms with Crippen molar-refractivity contribution in [2.45, 2.75) is 44.2 Å². The van der Waals surface area contributed by atoms with Gasteiger partial charge in [-0.1, -0.05) is 36.4 Å². The van der Waals surface area contributed by atoms with Gasteiger partial charge < -0.3 is 15.5 Å². The summed E-state index contributed by atoms with van der Waals surface area (Å²) in [6.45, 7) is 0. The predicted octanol–water partition coefficient (Wildman–Crippen LogP) is 3.39. The molecule has 2 atom stereocenters. The van der Waals surface area contributed by atoms with Gasteiger partial charge in [0.05, 0.1) is 0 Å². The van der Waals surface area contributed by atoms with Crippen LogP contribution in [0.1, 0.15) is 30.4 Å². The smallest absolute Gasteiger partial charge is 0.157 e. The van der Waals surface area contributed by atoms with Gasteiger partial charge in [-0.25, -0.2) is 0 Å². The van der Waals surface area contributed by atoms with Crippen LogP contribution in [0.4, 0.5) is 0 Å². The normalized spacial score (nSPS) is 21.1. The maximum atomic E-state index is 9.57. The lowest BCUT2D eigenvalue weighted by Gasteiger charge is -2.15. The van der Waals surface area contributed by atoms with Crippen molar-refractivity contribution >= 4 is 0 Å². The van der Waals surface area contributed by atoms with Crippen molar-refractivity contribution in [3.8, 4) is 11.5 Å². The molecule has 3 rings (SSSR count). The molecule has 3 nitrogen and oxygen atoms in total. The van der Waals surface area contributed by atoms with Crippen molar-refractivity contribution in [1.82, 2.24) is 5.32 Å². The van der Waals surface area contributed by atoms with E-state index in [1.165, 1.54) is 24.8 Å². The fraction of sp³-hybridized carbons (Fsp3) is 0.368. The molecule has 1 fully saturated rings. The monoisotopic (exact) mass is 297 g/mol. The quantitative estimate of drug-likeness (QED) is 0.741. The highest BCUT2D eigenvalue weighted by molar-refractivity contribution is 5.40. The molecule has 0 amide bonds. The van der Waals surface area contributed by atoms with Crippen molar-refractivity contribution in [2.75, 3.05) is 0 Å². The Morgan fingerprint density at radius 2 is 1.64 bits per heavy atom. The minimum Gasteiger partial charge on any atom is -0.504 e. The summed E-state index contributed by atoms with van der Waals surface area (Å²) < 4.78 is 0. The molecule has 1 aliphatic heterocycles. The van der Waals surface area contributed by atoms with Crippen LogP contribution in [0.25, 0.3) is 0 Å². The molecular weight excluding hydrogens is 274 g/mol. The minimum atomic E-state index is -0.0520. The molecule has 1 saturated heterocycles. The zero-order valence-corrected chi connectivity index (χ0v) is 12.7. The average Bonchev–Trinajstić information content (AvgIpc) is 2.97. The Kier molecular flexibility index (Phi) is 4.64. The minimum absolute atomic E-state index is 0.0314. The molecule has 2 aromatic carbocycles. The Hall–Kier alpha value is -2.00. The van der Waals surface area contributed by atoms with E-state index in [0.717, 1.165) is 18.4 Å². The van der Waals surface area contributed by atoms with Crippen LogP contribution < -0.4 is 5.32 Å². The molecular formula is C19H23NO2. The number of hydrogen-bond acceptors (Lipinski definition) is 3. The van der Waals surface area contributed by atoms with Crippen LogP contribution >= 0.6 is 0 Å². The van der Waals surface area contributed by atoms with E-state index < -0.39 is 0 Å². The largest absolute Gasteiger partial charge is 0.504 e. The SMILES string of the molecule is Oc1ccc(CC2CCC(CCc3ccccc3)N2)cc1O. The summed E-state index contributed by atoms with van der Waals surface area (Å²) in [7, 11) is 0. The first-order valence-corrected chi connectivity index (χ1v) is 8.01. The molecule has 2 unspecified atom stereocenters. The molecule has 1 heterocycles. The third-order valence-corrected chi connectivity index (χ3v) is 4.48. The molecule has 0 spiro atoms. The molecule has 0 aromatic heterocycles. The van der Waals surface area contributed by atoms with E-state index in [2.05, 4.69) is 35.6 Å². The van der Waals surface area contributed by atoms with Crippen LogP contribution in [0.2, 0.25) is 0 Å². The topological polar surface area (TPSA) is 52.5 Å². The zero-order chi connectivity index (χ0) is 15.4. The van der Waals surface area contributed by atoms with Gasteiger partial charge in [-0.2, -0.15) is 0 Å². The van der Waals surface area contributed by atoms with E-state index >= 15 is 0 Å². The maximum Gasteiger partial charge on any atom is 0.157 e. The van der Waals surface area contributed by atoms with Crippen LogP contribution in [-0.4, -0.2) is 22.3 Å². The van der Waals surface area contributed by atoms with Crippen LogP contribution in [0.5, 0.6) is 11.5 Å². The van der Waals surface area contributed by atoms with Gasteiger partial charge in [0.1, 0.15) is 0 Å². The first-order valence-electron chi connectivity index (χ1n) is 8.01. The van der Waals surface area contributed by atoms with Crippen molar-refractivity contribution < 1.29 is 10.2 Å². The lowest BCUT2D eigenvalue weighted by Crippen LogP contribution is -2.31. The van der Waals surface area contributed by atoms with Crippen molar-refractivity contribution in [3.05, 3.63) is 59.7 Å². The fourth-order valence-electron chi connectivity index (χ4n) is 3.26. The number of hydrogen-bond donors (Lipinski definition) is 3. The van der Waals surface area contributed by atoms with Crippen LogP contribution in [0.15, 0.2) is 48.5 Å². The van der Waals surface area contributed by atoms with Crippen LogP contribution in [-0.2, 0) is 12.8 Å². The number of nitrogens with one attached hydrogen (secondary N) is 1. The van der Waals surface area contributed by atoms with Gasteiger partial charge in [-0.15, -0.1) is 0 Å². The summed E-state index contributed by atoms with van der Waals surface area (Å²) in [4.78, 5) is 0.